The zero-order valence-electron chi connectivity index (χ0n) is 15.0. The zero-order valence-corrected chi connectivity index (χ0v) is 15.8. The smallest absolute Gasteiger partial charge is 0.238 e. The number of carbonyl (C=O) groups excluding carboxylic acids is 1. The van der Waals surface area contributed by atoms with Crippen LogP contribution >= 0.6 is 0 Å². The van der Waals surface area contributed by atoms with E-state index in [4.69, 9.17) is 9.56 Å². The van der Waals surface area contributed by atoms with Crippen LogP contribution in [0.3, 0.4) is 0 Å². The number of benzene rings is 2. The summed E-state index contributed by atoms with van der Waals surface area (Å²) in [7, 11) is -0.285. The molecule has 0 fully saturated rings. The molecule has 0 radical (unpaired) electrons. The van der Waals surface area contributed by atoms with Gasteiger partial charge in [-0.25, -0.2) is 18.5 Å². The highest BCUT2D eigenvalue weighted by Gasteiger charge is 2.15. The molecule has 142 valence electrons. The van der Waals surface area contributed by atoms with Gasteiger partial charge < -0.3 is 14.6 Å². The Hall–Kier alpha value is -2.91. The first kappa shape index (κ1) is 18.9. The standard InChI is InChI=1S/C18H20N4O4S/c1-22(2)15-8-7-12(27(19,24)25)11-14(15)20-17(23)9-10-18-21-13-5-3-4-6-16(13)26-18/h3-8,11H,9-10H2,1-2H3,(H,20,23)(H2,19,24,25). The minimum atomic E-state index is -3.87. The Kier molecular flexibility index (Phi) is 5.15. The maximum absolute atomic E-state index is 12.4. The van der Waals surface area contributed by atoms with Crippen LogP contribution in [0.4, 0.5) is 11.4 Å². The van der Waals surface area contributed by atoms with Gasteiger partial charge in [0.1, 0.15) is 5.52 Å². The van der Waals surface area contributed by atoms with Crippen molar-refractivity contribution in [1.82, 2.24) is 4.98 Å². The molecule has 9 heteroatoms. The number of para-hydroxylation sites is 2. The van der Waals surface area contributed by atoms with Crippen LogP contribution in [-0.4, -0.2) is 33.4 Å². The molecule has 27 heavy (non-hydrogen) atoms. The number of sulfonamides is 1. The van der Waals surface area contributed by atoms with Crippen LogP contribution in [-0.2, 0) is 21.2 Å². The van der Waals surface area contributed by atoms with Gasteiger partial charge in [0, 0.05) is 26.9 Å². The second-order valence-corrected chi connectivity index (χ2v) is 7.80. The van der Waals surface area contributed by atoms with Crippen molar-refractivity contribution in [2.75, 3.05) is 24.3 Å². The van der Waals surface area contributed by atoms with E-state index in [1.165, 1.54) is 12.1 Å². The third-order valence-electron chi connectivity index (χ3n) is 3.96. The molecule has 3 aromatic rings. The predicted molar refractivity (Wildman–Crippen MR) is 103 cm³/mol. The van der Waals surface area contributed by atoms with Crippen molar-refractivity contribution >= 4 is 38.4 Å². The molecule has 0 bridgehead atoms. The SMILES string of the molecule is CN(C)c1ccc(S(N)(=O)=O)cc1NC(=O)CCc1nc2ccccc2o1. The first-order valence-corrected chi connectivity index (χ1v) is 9.77. The molecule has 8 nitrogen and oxygen atoms in total. The fraction of sp³-hybridized carbons (Fsp3) is 0.222. The topological polar surface area (TPSA) is 119 Å². The molecule has 0 aliphatic rings. The lowest BCUT2D eigenvalue weighted by molar-refractivity contribution is -0.116. The number of hydrogen-bond acceptors (Lipinski definition) is 6. The van der Waals surface area contributed by atoms with Gasteiger partial charge in [0.2, 0.25) is 15.9 Å². The van der Waals surface area contributed by atoms with Gasteiger partial charge in [0.15, 0.2) is 11.5 Å². The molecule has 0 saturated heterocycles. The molecular formula is C18H20N4O4S. The van der Waals surface area contributed by atoms with Crippen LogP contribution in [0.2, 0.25) is 0 Å². The Morgan fingerprint density at radius 1 is 1.22 bits per heavy atom. The number of oxazole rings is 1. The highest BCUT2D eigenvalue weighted by atomic mass is 32.2. The van der Waals surface area contributed by atoms with Gasteiger partial charge in [-0.2, -0.15) is 0 Å². The molecule has 1 heterocycles. The number of aromatic nitrogens is 1. The molecule has 0 aliphatic carbocycles. The van der Waals surface area contributed by atoms with Gasteiger partial charge in [0.25, 0.3) is 0 Å². The molecule has 1 amide bonds. The van der Waals surface area contributed by atoms with Crippen LogP contribution in [0.1, 0.15) is 12.3 Å². The Bertz CT molecular complexity index is 1060. The summed E-state index contributed by atoms with van der Waals surface area (Å²) in [5, 5.41) is 7.92. The lowest BCUT2D eigenvalue weighted by Crippen LogP contribution is -2.19. The summed E-state index contributed by atoms with van der Waals surface area (Å²) in [6, 6.07) is 11.7. The fourth-order valence-corrected chi connectivity index (χ4v) is 3.18. The quantitative estimate of drug-likeness (QED) is 0.668. The minimum Gasteiger partial charge on any atom is -0.441 e. The van der Waals surface area contributed by atoms with Gasteiger partial charge >= 0.3 is 0 Å². The van der Waals surface area contributed by atoms with Gasteiger partial charge in [0.05, 0.1) is 16.3 Å². The molecule has 0 unspecified atom stereocenters. The number of rotatable bonds is 6. The van der Waals surface area contributed by atoms with E-state index in [-0.39, 0.29) is 17.2 Å². The van der Waals surface area contributed by atoms with Crippen molar-refractivity contribution in [3.63, 3.8) is 0 Å². The van der Waals surface area contributed by atoms with Gasteiger partial charge in [-0.05, 0) is 30.3 Å². The first-order valence-electron chi connectivity index (χ1n) is 8.22. The van der Waals surface area contributed by atoms with Crippen molar-refractivity contribution < 1.29 is 17.6 Å². The minimum absolute atomic E-state index is 0.0673. The van der Waals surface area contributed by atoms with E-state index in [9.17, 15) is 13.2 Å². The van der Waals surface area contributed by atoms with Crippen LogP contribution in [0.25, 0.3) is 11.1 Å². The molecular weight excluding hydrogens is 368 g/mol. The van der Waals surface area contributed by atoms with E-state index in [2.05, 4.69) is 10.3 Å². The Labute approximate surface area is 157 Å². The number of amides is 1. The summed E-state index contributed by atoms with van der Waals surface area (Å²) in [5.74, 6) is 0.185. The lowest BCUT2D eigenvalue weighted by atomic mass is 10.2. The monoisotopic (exact) mass is 388 g/mol. The summed E-state index contributed by atoms with van der Waals surface area (Å²) in [5.41, 5.74) is 2.44. The van der Waals surface area contributed by atoms with Gasteiger partial charge in [-0.15, -0.1) is 0 Å². The highest BCUT2D eigenvalue weighted by Crippen LogP contribution is 2.27. The average Bonchev–Trinajstić information content (AvgIpc) is 3.02. The number of nitrogens with one attached hydrogen (secondary N) is 1. The third kappa shape index (κ3) is 4.44. The second kappa shape index (κ2) is 7.37. The largest absolute Gasteiger partial charge is 0.441 e. The Balaban J connectivity index is 1.74. The number of anilines is 2. The van der Waals surface area contributed by atoms with Crippen LogP contribution in [0, 0.1) is 0 Å². The fourth-order valence-electron chi connectivity index (χ4n) is 2.64. The second-order valence-electron chi connectivity index (χ2n) is 6.24. The molecule has 0 saturated carbocycles. The van der Waals surface area contributed by atoms with Crippen molar-refractivity contribution in [3.05, 3.63) is 48.4 Å². The number of carbonyl (C=O) groups is 1. The molecule has 2 aromatic carbocycles. The summed E-state index contributed by atoms with van der Waals surface area (Å²) >= 11 is 0. The van der Waals surface area contributed by atoms with E-state index in [0.29, 0.717) is 29.3 Å². The number of nitrogens with zero attached hydrogens (tertiary/aromatic N) is 2. The van der Waals surface area contributed by atoms with Crippen molar-refractivity contribution in [2.24, 2.45) is 5.14 Å². The number of fused-ring (bicyclic) bond motifs is 1. The Morgan fingerprint density at radius 2 is 1.96 bits per heavy atom. The number of hydrogen-bond donors (Lipinski definition) is 2. The van der Waals surface area contributed by atoms with Crippen LogP contribution in [0.15, 0.2) is 51.8 Å². The Morgan fingerprint density at radius 3 is 2.63 bits per heavy atom. The first-order chi connectivity index (χ1) is 12.7. The molecule has 0 spiro atoms. The summed E-state index contributed by atoms with van der Waals surface area (Å²) in [6.45, 7) is 0. The zero-order chi connectivity index (χ0) is 19.6. The number of nitrogens with two attached hydrogens (primary N) is 1. The van der Waals surface area contributed by atoms with Crippen molar-refractivity contribution in [1.29, 1.82) is 0 Å². The van der Waals surface area contributed by atoms with Crippen LogP contribution in [0.5, 0.6) is 0 Å². The molecule has 3 rings (SSSR count). The molecule has 3 N–H and O–H groups in total. The van der Waals surface area contributed by atoms with Crippen molar-refractivity contribution in [3.8, 4) is 0 Å². The van der Waals surface area contributed by atoms with Crippen LogP contribution < -0.4 is 15.4 Å². The third-order valence-corrected chi connectivity index (χ3v) is 4.87. The van der Waals surface area contributed by atoms with Crippen molar-refractivity contribution in [2.45, 2.75) is 17.7 Å². The van der Waals surface area contributed by atoms with Gasteiger partial charge in [-0.1, -0.05) is 12.1 Å². The van der Waals surface area contributed by atoms with Gasteiger partial charge in [-0.3, -0.25) is 4.79 Å². The lowest BCUT2D eigenvalue weighted by Gasteiger charge is -2.18. The summed E-state index contributed by atoms with van der Waals surface area (Å²) in [4.78, 5) is 18.4. The highest BCUT2D eigenvalue weighted by molar-refractivity contribution is 7.89. The predicted octanol–water partition coefficient (Wildman–Crippen LogP) is 2.11. The van der Waals surface area contributed by atoms with E-state index in [1.807, 2.05) is 24.3 Å². The molecule has 0 atom stereocenters. The molecule has 1 aromatic heterocycles. The number of aryl methyl sites for hydroxylation is 1. The normalized spacial score (nSPS) is 11.5. The molecule has 0 aliphatic heterocycles. The number of primary sulfonamides is 1. The van der Waals surface area contributed by atoms with E-state index in [1.54, 1.807) is 25.1 Å². The average molecular weight is 388 g/mol. The maximum atomic E-state index is 12.4. The summed E-state index contributed by atoms with van der Waals surface area (Å²) in [6.07, 6.45) is 0.464. The van der Waals surface area contributed by atoms with E-state index < -0.39 is 10.0 Å². The summed E-state index contributed by atoms with van der Waals surface area (Å²) < 4.78 is 28.8. The van der Waals surface area contributed by atoms with E-state index >= 15 is 0 Å². The van der Waals surface area contributed by atoms with E-state index in [0.717, 1.165) is 5.52 Å². The maximum Gasteiger partial charge on any atom is 0.238 e.